The van der Waals surface area contributed by atoms with Gasteiger partial charge >= 0.3 is 0 Å². The SMILES string of the molecule is CCNCC1CCCN1c1cccc(OCC)n1. The molecule has 1 unspecified atom stereocenters. The quantitative estimate of drug-likeness (QED) is 0.837. The largest absolute Gasteiger partial charge is 0.478 e. The number of nitrogens with one attached hydrogen (secondary N) is 1. The number of nitrogens with zero attached hydrogens (tertiary/aromatic N) is 2. The summed E-state index contributed by atoms with van der Waals surface area (Å²) in [5.74, 6) is 1.77. The minimum absolute atomic E-state index is 0.564. The number of likely N-dealkylation sites (N-methyl/N-ethyl adjacent to an activating group) is 1. The van der Waals surface area contributed by atoms with Crippen LogP contribution in [0.1, 0.15) is 26.7 Å². The Bertz CT molecular complexity index is 370. The van der Waals surface area contributed by atoms with E-state index in [1.807, 2.05) is 19.1 Å². The van der Waals surface area contributed by atoms with Gasteiger partial charge in [0.2, 0.25) is 5.88 Å². The lowest BCUT2D eigenvalue weighted by molar-refractivity contribution is 0.327. The van der Waals surface area contributed by atoms with Crippen LogP contribution >= 0.6 is 0 Å². The first-order valence-corrected chi connectivity index (χ1v) is 6.92. The molecule has 0 saturated carbocycles. The van der Waals surface area contributed by atoms with Crippen LogP contribution < -0.4 is 15.0 Å². The molecule has 18 heavy (non-hydrogen) atoms. The summed E-state index contributed by atoms with van der Waals surface area (Å²) in [6.07, 6.45) is 2.49. The molecule has 100 valence electrons. The van der Waals surface area contributed by atoms with Crippen molar-refractivity contribution in [2.24, 2.45) is 0 Å². The van der Waals surface area contributed by atoms with Gasteiger partial charge in [-0.15, -0.1) is 0 Å². The molecule has 1 aromatic rings. The van der Waals surface area contributed by atoms with Gasteiger partial charge in [-0.3, -0.25) is 0 Å². The van der Waals surface area contributed by atoms with Crippen molar-refractivity contribution in [2.45, 2.75) is 32.7 Å². The smallest absolute Gasteiger partial charge is 0.215 e. The zero-order chi connectivity index (χ0) is 12.8. The normalized spacial score (nSPS) is 19.2. The number of rotatable bonds is 6. The highest BCUT2D eigenvalue weighted by Gasteiger charge is 2.25. The molecule has 1 aliphatic rings. The fraction of sp³-hybridized carbons (Fsp3) is 0.643. The van der Waals surface area contributed by atoms with Gasteiger partial charge in [0.1, 0.15) is 5.82 Å². The van der Waals surface area contributed by atoms with Crippen molar-refractivity contribution < 1.29 is 4.74 Å². The molecule has 0 amide bonds. The number of hydrogen-bond donors (Lipinski definition) is 1. The predicted molar refractivity (Wildman–Crippen MR) is 74.3 cm³/mol. The Kier molecular flexibility index (Phi) is 4.81. The van der Waals surface area contributed by atoms with Crippen molar-refractivity contribution in [3.63, 3.8) is 0 Å². The van der Waals surface area contributed by atoms with Crippen LogP contribution in [0.15, 0.2) is 18.2 Å². The van der Waals surface area contributed by atoms with Crippen molar-refractivity contribution in [3.05, 3.63) is 18.2 Å². The molecular formula is C14H23N3O. The lowest BCUT2D eigenvalue weighted by Crippen LogP contribution is -2.38. The maximum Gasteiger partial charge on any atom is 0.215 e. The zero-order valence-electron chi connectivity index (χ0n) is 11.4. The van der Waals surface area contributed by atoms with E-state index in [0.717, 1.165) is 31.3 Å². The van der Waals surface area contributed by atoms with E-state index in [1.165, 1.54) is 12.8 Å². The van der Waals surface area contributed by atoms with Crippen LogP contribution in [0.4, 0.5) is 5.82 Å². The van der Waals surface area contributed by atoms with Crippen molar-refractivity contribution >= 4 is 5.82 Å². The van der Waals surface area contributed by atoms with Crippen molar-refractivity contribution in [3.8, 4) is 5.88 Å². The van der Waals surface area contributed by atoms with Gasteiger partial charge in [0.25, 0.3) is 0 Å². The number of anilines is 1. The first-order chi connectivity index (χ1) is 8.85. The first-order valence-electron chi connectivity index (χ1n) is 6.92. The Labute approximate surface area is 109 Å². The highest BCUT2D eigenvalue weighted by atomic mass is 16.5. The Morgan fingerprint density at radius 1 is 1.44 bits per heavy atom. The van der Waals surface area contributed by atoms with Crippen molar-refractivity contribution in [1.82, 2.24) is 10.3 Å². The van der Waals surface area contributed by atoms with Crippen LogP contribution in [0.2, 0.25) is 0 Å². The fourth-order valence-corrected chi connectivity index (χ4v) is 2.45. The molecule has 1 aromatic heterocycles. The number of hydrogen-bond acceptors (Lipinski definition) is 4. The molecule has 1 aliphatic heterocycles. The van der Waals surface area contributed by atoms with E-state index in [9.17, 15) is 0 Å². The Balaban J connectivity index is 2.06. The van der Waals surface area contributed by atoms with E-state index in [2.05, 4.69) is 28.2 Å². The van der Waals surface area contributed by atoms with E-state index in [-0.39, 0.29) is 0 Å². The van der Waals surface area contributed by atoms with E-state index in [1.54, 1.807) is 0 Å². The summed E-state index contributed by atoms with van der Waals surface area (Å²) in [6, 6.07) is 6.58. The molecule has 0 aromatic carbocycles. The second kappa shape index (κ2) is 6.59. The van der Waals surface area contributed by atoms with E-state index in [0.29, 0.717) is 12.6 Å². The van der Waals surface area contributed by atoms with Gasteiger partial charge < -0.3 is 15.0 Å². The molecule has 4 nitrogen and oxygen atoms in total. The van der Waals surface area contributed by atoms with Gasteiger partial charge in [0.05, 0.1) is 6.61 Å². The third kappa shape index (κ3) is 3.13. The topological polar surface area (TPSA) is 37.4 Å². The van der Waals surface area contributed by atoms with Crippen LogP contribution in [0.5, 0.6) is 5.88 Å². The molecule has 0 bridgehead atoms. The minimum atomic E-state index is 0.564. The third-order valence-corrected chi connectivity index (χ3v) is 3.30. The predicted octanol–water partition coefficient (Wildman–Crippen LogP) is 2.06. The highest BCUT2D eigenvalue weighted by Crippen LogP contribution is 2.25. The molecule has 0 radical (unpaired) electrons. The summed E-state index contributed by atoms with van der Waals surface area (Å²) in [7, 11) is 0. The van der Waals surface area contributed by atoms with Gasteiger partial charge in [0.15, 0.2) is 0 Å². The summed E-state index contributed by atoms with van der Waals surface area (Å²) in [4.78, 5) is 6.97. The van der Waals surface area contributed by atoms with Crippen LogP contribution in [0, 0.1) is 0 Å². The number of ether oxygens (including phenoxy) is 1. The Hall–Kier alpha value is -1.29. The zero-order valence-corrected chi connectivity index (χ0v) is 11.4. The lowest BCUT2D eigenvalue weighted by atomic mass is 10.2. The van der Waals surface area contributed by atoms with Crippen molar-refractivity contribution in [1.29, 1.82) is 0 Å². The molecule has 0 aliphatic carbocycles. The van der Waals surface area contributed by atoms with E-state index < -0.39 is 0 Å². The molecule has 1 saturated heterocycles. The molecule has 1 atom stereocenters. The number of pyridine rings is 1. The fourth-order valence-electron chi connectivity index (χ4n) is 2.45. The van der Waals surface area contributed by atoms with Crippen LogP contribution in [-0.4, -0.2) is 37.3 Å². The summed E-state index contributed by atoms with van der Waals surface area (Å²) in [5, 5.41) is 3.43. The van der Waals surface area contributed by atoms with Gasteiger partial charge in [-0.25, -0.2) is 0 Å². The van der Waals surface area contributed by atoms with Crippen molar-refractivity contribution in [2.75, 3.05) is 31.1 Å². The molecule has 2 rings (SSSR count). The first kappa shape index (κ1) is 13.1. The summed E-state index contributed by atoms with van der Waals surface area (Å²) >= 11 is 0. The van der Waals surface area contributed by atoms with Crippen LogP contribution in [0.25, 0.3) is 0 Å². The second-order valence-corrected chi connectivity index (χ2v) is 4.56. The molecular weight excluding hydrogens is 226 g/mol. The monoisotopic (exact) mass is 249 g/mol. The molecule has 4 heteroatoms. The Morgan fingerprint density at radius 2 is 2.33 bits per heavy atom. The average Bonchev–Trinajstić information content (AvgIpc) is 2.85. The second-order valence-electron chi connectivity index (χ2n) is 4.56. The third-order valence-electron chi connectivity index (χ3n) is 3.30. The van der Waals surface area contributed by atoms with Gasteiger partial charge in [-0.1, -0.05) is 13.0 Å². The lowest BCUT2D eigenvalue weighted by Gasteiger charge is -2.26. The molecule has 1 N–H and O–H groups in total. The standard InChI is InChI=1S/C14H23N3O/c1-3-15-11-12-7-6-10-17(12)13-8-5-9-14(16-13)18-4-2/h5,8-9,12,15H,3-4,6-7,10-11H2,1-2H3. The van der Waals surface area contributed by atoms with Crippen LogP contribution in [-0.2, 0) is 0 Å². The van der Waals surface area contributed by atoms with Gasteiger partial charge in [-0.05, 0) is 32.4 Å². The van der Waals surface area contributed by atoms with Gasteiger partial charge in [0, 0.05) is 25.2 Å². The summed E-state index contributed by atoms with van der Waals surface area (Å²) < 4.78 is 5.47. The summed E-state index contributed by atoms with van der Waals surface area (Å²) in [6.45, 7) is 7.95. The van der Waals surface area contributed by atoms with E-state index >= 15 is 0 Å². The summed E-state index contributed by atoms with van der Waals surface area (Å²) in [5.41, 5.74) is 0. The molecule has 1 fully saturated rings. The van der Waals surface area contributed by atoms with E-state index in [4.69, 9.17) is 4.74 Å². The molecule has 0 spiro atoms. The highest BCUT2D eigenvalue weighted by molar-refractivity contribution is 5.43. The maximum atomic E-state index is 5.47. The number of aromatic nitrogens is 1. The minimum Gasteiger partial charge on any atom is -0.478 e. The Morgan fingerprint density at radius 3 is 3.11 bits per heavy atom. The average molecular weight is 249 g/mol. The van der Waals surface area contributed by atoms with Gasteiger partial charge in [-0.2, -0.15) is 4.98 Å². The molecule has 2 heterocycles. The van der Waals surface area contributed by atoms with Crippen LogP contribution in [0.3, 0.4) is 0 Å². The maximum absolute atomic E-state index is 5.47.